The Morgan fingerprint density at radius 2 is 2.05 bits per heavy atom. The highest BCUT2D eigenvalue weighted by atomic mass is 35.5. The van der Waals surface area contributed by atoms with Crippen LogP contribution in [0.5, 0.6) is 0 Å². The smallest absolute Gasteiger partial charge is 0.232 e. The highest BCUT2D eigenvalue weighted by Gasteiger charge is 2.12. The Kier molecular flexibility index (Phi) is 6.54. The topological polar surface area (TPSA) is 58.2 Å². The number of benzene rings is 1. The molecule has 0 aromatic heterocycles. The molecule has 0 amide bonds. The van der Waals surface area contributed by atoms with E-state index >= 15 is 0 Å². The summed E-state index contributed by atoms with van der Waals surface area (Å²) in [5.41, 5.74) is 0.203. The van der Waals surface area contributed by atoms with Crippen molar-refractivity contribution in [3.8, 4) is 0 Å². The van der Waals surface area contributed by atoms with Gasteiger partial charge in [-0.1, -0.05) is 18.5 Å². The Bertz CT molecular complexity index is 508. The number of sulfonamides is 1. The van der Waals surface area contributed by atoms with Gasteiger partial charge in [0.15, 0.2) is 0 Å². The highest BCUT2D eigenvalue weighted by Crippen LogP contribution is 2.23. The van der Waals surface area contributed by atoms with Crippen LogP contribution in [0.4, 0.5) is 10.1 Å². The summed E-state index contributed by atoms with van der Waals surface area (Å²) in [6, 6.07) is 3.55. The van der Waals surface area contributed by atoms with Gasteiger partial charge >= 0.3 is 0 Å². The second-order valence-corrected chi connectivity index (χ2v) is 6.35. The first kappa shape index (κ1) is 16.2. The van der Waals surface area contributed by atoms with Crippen LogP contribution in [0.3, 0.4) is 0 Å². The van der Waals surface area contributed by atoms with Crippen LogP contribution in [0, 0.1) is 5.82 Å². The standard InChI is InChI=1S/C12H18ClFN2O2S/c1-2-15-7-3-4-8-19(17,18)16-12-6-5-10(14)9-11(12)13/h5-6,9,15-16H,2-4,7-8H2,1H3. The van der Waals surface area contributed by atoms with Gasteiger partial charge in [0, 0.05) is 0 Å². The number of anilines is 1. The van der Waals surface area contributed by atoms with Gasteiger partial charge < -0.3 is 5.32 Å². The van der Waals surface area contributed by atoms with E-state index in [4.69, 9.17) is 11.6 Å². The summed E-state index contributed by atoms with van der Waals surface area (Å²) < 4.78 is 38.8. The maximum atomic E-state index is 12.8. The molecule has 0 radical (unpaired) electrons. The first-order valence-corrected chi connectivity index (χ1v) is 8.14. The molecule has 7 heteroatoms. The molecule has 4 nitrogen and oxygen atoms in total. The SMILES string of the molecule is CCNCCCCS(=O)(=O)Nc1ccc(F)cc1Cl. The number of hydrogen-bond acceptors (Lipinski definition) is 3. The molecule has 0 heterocycles. The largest absolute Gasteiger partial charge is 0.317 e. The molecule has 1 rings (SSSR count). The lowest BCUT2D eigenvalue weighted by molar-refractivity contribution is 0.593. The van der Waals surface area contributed by atoms with E-state index in [1.165, 1.54) is 6.07 Å². The van der Waals surface area contributed by atoms with Crippen molar-refractivity contribution in [1.82, 2.24) is 5.32 Å². The van der Waals surface area contributed by atoms with Gasteiger partial charge in [-0.15, -0.1) is 0 Å². The van der Waals surface area contributed by atoms with Gasteiger partial charge in [0.05, 0.1) is 16.5 Å². The third kappa shape index (κ3) is 6.22. The van der Waals surface area contributed by atoms with Crippen LogP contribution in [-0.4, -0.2) is 27.3 Å². The van der Waals surface area contributed by atoms with E-state index in [0.717, 1.165) is 31.6 Å². The molecule has 0 saturated heterocycles. The average Bonchev–Trinajstić information content (AvgIpc) is 2.32. The maximum absolute atomic E-state index is 12.8. The van der Waals surface area contributed by atoms with Crippen LogP contribution in [0.2, 0.25) is 5.02 Å². The molecule has 0 unspecified atom stereocenters. The van der Waals surface area contributed by atoms with E-state index in [0.29, 0.717) is 6.42 Å². The van der Waals surface area contributed by atoms with Gasteiger partial charge in [0.1, 0.15) is 5.82 Å². The van der Waals surface area contributed by atoms with E-state index in [9.17, 15) is 12.8 Å². The summed E-state index contributed by atoms with van der Waals surface area (Å²) in [5, 5.41) is 3.17. The van der Waals surface area contributed by atoms with Gasteiger partial charge in [0.25, 0.3) is 0 Å². The highest BCUT2D eigenvalue weighted by molar-refractivity contribution is 7.92. The van der Waals surface area contributed by atoms with E-state index in [2.05, 4.69) is 10.0 Å². The first-order valence-electron chi connectivity index (χ1n) is 6.11. The van der Waals surface area contributed by atoms with Crippen molar-refractivity contribution in [3.63, 3.8) is 0 Å². The lowest BCUT2D eigenvalue weighted by atomic mass is 10.3. The predicted molar refractivity (Wildman–Crippen MR) is 76.6 cm³/mol. The summed E-state index contributed by atoms with van der Waals surface area (Å²) in [4.78, 5) is 0. The van der Waals surface area contributed by atoms with E-state index in [1.807, 2.05) is 6.92 Å². The summed E-state index contributed by atoms with van der Waals surface area (Å²) >= 11 is 5.76. The molecule has 0 bridgehead atoms. The van der Waals surface area contributed by atoms with Gasteiger partial charge in [-0.3, -0.25) is 4.72 Å². The molecular formula is C12H18ClFN2O2S. The molecule has 0 aliphatic rings. The quantitative estimate of drug-likeness (QED) is 0.726. The lowest BCUT2D eigenvalue weighted by Crippen LogP contribution is -2.19. The van der Waals surface area contributed by atoms with Crippen LogP contribution >= 0.6 is 11.6 Å². The fraction of sp³-hybridized carbons (Fsp3) is 0.500. The van der Waals surface area contributed by atoms with Crippen molar-refractivity contribution < 1.29 is 12.8 Å². The third-order valence-electron chi connectivity index (χ3n) is 2.46. The molecule has 1 aromatic rings. The molecular weight excluding hydrogens is 291 g/mol. The number of hydrogen-bond donors (Lipinski definition) is 2. The molecule has 0 spiro atoms. The molecule has 1 aromatic carbocycles. The minimum Gasteiger partial charge on any atom is -0.317 e. The Morgan fingerprint density at radius 3 is 2.68 bits per heavy atom. The summed E-state index contributed by atoms with van der Waals surface area (Å²) in [5.74, 6) is -0.481. The molecule has 2 N–H and O–H groups in total. The molecule has 0 atom stereocenters. The van der Waals surface area contributed by atoms with Crippen molar-refractivity contribution in [2.75, 3.05) is 23.6 Å². The van der Waals surface area contributed by atoms with E-state index in [-0.39, 0.29) is 16.5 Å². The summed E-state index contributed by atoms with van der Waals surface area (Å²) in [6.07, 6.45) is 1.34. The molecule has 0 saturated carbocycles. The first-order chi connectivity index (χ1) is 8.94. The Hall–Kier alpha value is -0.850. The number of halogens is 2. The zero-order chi connectivity index (χ0) is 14.3. The maximum Gasteiger partial charge on any atom is 0.232 e. The number of nitrogens with one attached hydrogen (secondary N) is 2. The van der Waals surface area contributed by atoms with Crippen LogP contribution in [0.25, 0.3) is 0 Å². The van der Waals surface area contributed by atoms with Crippen LogP contribution in [0.1, 0.15) is 19.8 Å². The van der Waals surface area contributed by atoms with Crippen LogP contribution in [-0.2, 0) is 10.0 Å². The molecule has 0 fully saturated rings. The van der Waals surface area contributed by atoms with E-state index < -0.39 is 15.8 Å². The summed E-state index contributed by atoms with van der Waals surface area (Å²) in [7, 11) is -3.44. The zero-order valence-electron chi connectivity index (χ0n) is 10.7. The fourth-order valence-corrected chi connectivity index (χ4v) is 2.98. The van der Waals surface area contributed by atoms with E-state index in [1.54, 1.807) is 0 Å². The van der Waals surface area contributed by atoms with Crippen molar-refractivity contribution in [1.29, 1.82) is 0 Å². The number of rotatable bonds is 8. The summed E-state index contributed by atoms with van der Waals surface area (Å²) in [6.45, 7) is 3.66. The fourth-order valence-electron chi connectivity index (χ4n) is 1.51. The molecule has 0 aliphatic carbocycles. The van der Waals surface area contributed by atoms with Gasteiger partial charge in [-0.05, 0) is 44.1 Å². The average molecular weight is 309 g/mol. The van der Waals surface area contributed by atoms with Crippen molar-refractivity contribution >= 4 is 27.3 Å². The zero-order valence-corrected chi connectivity index (χ0v) is 12.3. The lowest BCUT2D eigenvalue weighted by Gasteiger charge is -2.09. The van der Waals surface area contributed by atoms with Crippen molar-refractivity contribution in [2.45, 2.75) is 19.8 Å². The van der Waals surface area contributed by atoms with Gasteiger partial charge in [-0.25, -0.2) is 12.8 Å². The van der Waals surface area contributed by atoms with Crippen LogP contribution in [0.15, 0.2) is 18.2 Å². The normalized spacial score (nSPS) is 11.5. The Morgan fingerprint density at radius 1 is 1.32 bits per heavy atom. The molecule has 19 heavy (non-hydrogen) atoms. The van der Waals surface area contributed by atoms with Crippen molar-refractivity contribution in [2.24, 2.45) is 0 Å². The Balaban J connectivity index is 2.50. The van der Waals surface area contributed by atoms with Gasteiger partial charge in [0.2, 0.25) is 10.0 Å². The molecule has 0 aliphatic heterocycles. The third-order valence-corrected chi connectivity index (χ3v) is 4.13. The van der Waals surface area contributed by atoms with Crippen molar-refractivity contribution in [3.05, 3.63) is 29.0 Å². The molecule has 108 valence electrons. The minimum absolute atomic E-state index is 0.0199. The second-order valence-electron chi connectivity index (χ2n) is 4.11. The Labute approximate surface area is 118 Å². The minimum atomic E-state index is -3.44. The monoisotopic (exact) mass is 308 g/mol. The predicted octanol–water partition coefficient (Wildman–Crippen LogP) is 2.61. The number of unbranched alkanes of at least 4 members (excludes halogenated alkanes) is 1. The second kappa shape index (κ2) is 7.67. The van der Waals surface area contributed by atoms with Crippen LogP contribution < -0.4 is 10.0 Å². The van der Waals surface area contributed by atoms with Gasteiger partial charge in [-0.2, -0.15) is 0 Å².